The minimum absolute atomic E-state index is 0.0223. The van der Waals surface area contributed by atoms with Crippen LogP contribution in [0.25, 0.3) is 5.69 Å². The van der Waals surface area contributed by atoms with Crippen LogP contribution in [-0.2, 0) is 4.79 Å². The van der Waals surface area contributed by atoms with Gasteiger partial charge in [0.2, 0.25) is 5.88 Å². The minimum atomic E-state index is -1.04. The molecule has 0 radical (unpaired) electrons. The Hall–Kier alpha value is -3.36. The number of halogens is 1. The molecule has 0 aliphatic rings. The van der Waals surface area contributed by atoms with Crippen LogP contribution in [0.1, 0.15) is 54.8 Å². The van der Waals surface area contributed by atoms with Crippen LogP contribution < -0.4 is 10.1 Å². The lowest BCUT2D eigenvalue weighted by atomic mass is 9.90. The molecule has 0 saturated carbocycles. The molecule has 0 spiro atoms. The Morgan fingerprint density at radius 1 is 1.14 bits per heavy atom. The molecule has 186 valence electrons. The Kier molecular flexibility index (Phi) is 8.19. The molecule has 3 N–H and O–H groups in total. The summed E-state index contributed by atoms with van der Waals surface area (Å²) in [6.07, 6.45) is -1.06. The highest BCUT2D eigenvalue weighted by Crippen LogP contribution is 2.28. The molecular weight excluding hydrogens is 470 g/mol. The zero-order chi connectivity index (χ0) is 25.8. The van der Waals surface area contributed by atoms with Gasteiger partial charge in [0, 0.05) is 6.07 Å². The van der Waals surface area contributed by atoms with Crippen LogP contribution in [0.3, 0.4) is 0 Å². The van der Waals surface area contributed by atoms with Gasteiger partial charge in [-0.15, -0.1) is 0 Å². The summed E-state index contributed by atoms with van der Waals surface area (Å²) in [4.78, 5) is 24.7. The van der Waals surface area contributed by atoms with Gasteiger partial charge in [0.25, 0.3) is 5.91 Å². The number of ether oxygens (including phenoxy) is 1. The maximum Gasteiger partial charge on any atom is 0.305 e. The van der Waals surface area contributed by atoms with Crippen LogP contribution in [0.15, 0.2) is 54.6 Å². The largest absolute Gasteiger partial charge is 0.481 e. The maximum atomic E-state index is 13.2. The molecule has 9 heteroatoms. The zero-order valence-electron chi connectivity index (χ0n) is 20.2. The fraction of sp³-hybridized carbons (Fsp3) is 0.346. The first-order valence-electron chi connectivity index (χ1n) is 11.2. The third-order valence-corrected chi connectivity index (χ3v) is 5.95. The van der Waals surface area contributed by atoms with Gasteiger partial charge in [-0.2, -0.15) is 9.78 Å². The molecule has 1 amide bonds. The van der Waals surface area contributed by atoms with E-state index in [-0.39, 0.29) is 24.6 Å². The van der Waals surface area contributed by atoms with Crippen LogP contribution in [0.5, 0.6) is 5.88 Å². The Morgan fingerprint density at radius 2 is 1.80 bits per heavy atom. The van der Waals surface area contributed by atoms with E-state index in [1.165, 1.54) is 10.7 Å². The lowest BCUT2D eigenvalue weighted by molar-refractivity contribution is -0.137. The molecule has 0 bridgehead atoms. The Morgan fingerprint density at radius 3 is 2.43 bits per heavy atom. The molecule has 0 aliphatic carbocycles. The van der Waals surface area contributed by atoms with E-state index in [0.717, 1.165) is 5.56 Å². The molecular formula is C26H30ClN3O5. The molecule has 1 heterocycles. The third kappa shape index (κ3) is 6.61. The van der Waals surface area contributed by atoms with Crippen molar-refractivity contribution in [3.05, 3.63) is 76.4 Å². The maximum absolute atomic E-state index is 13.2. The van der Waals surface area contributed by atoms with Crippen LogP contribution in [-0.4, -0.2) is 44.6 Å². The highest BCUT2D eigenvalue weighted by Gasteiger charge is 2.26. The van der Waals surface area contributed by atoms with E-state index in [1.54, 1.807) is 36.4 Å². The number of rotatable bonds is 9. The van der Waals surface area contributed by atoms with Gasteiger partial charge >= 0.3 is 5.97 Å². The number of carbonyl (C=O) groups is 2. The minimum Gasteiger partial charge on any atom is -0.481 e. The van der Waals surface area contributed by atoms with Crippen LogP contribution >= 0.6 is 11.6 Å². The van der Waals surface area contributed by atoms with Crippen molar-refractivity contribution in [2.75, 3.05) is 6.61 Å². The van der Waals surface area contributed by atoms with Crippen molar-refractivity contribution in [1.82, 2.24) is 15.1 Å². The second-order valence-corrected chi connectivity index (χ2v) is 9.81. The van der Waals surface area contributed by atoms with Crippen molar-refractivity contribution < 1.29 is 24.5 Å². The van der Waals surface area contributed by atoms with Crippen LogP contribution in [0.4, 0.5) is 0 Å². The molecule has 1 aromatic heterocycles. The molecule has 2 unspecified atom stereocenters. The van der Waals surface area contributed by atoms with E-state index < -0.39 is 29.4 Å². The zero-order valence-corrected chi connectivity index (χ0v) is 20.9. The van der Waals surface area contributed by atoms with Crippen LogP contribution in [0.2, 0.25) is 5.02 Å². The van der Waals surface area contributed by atoms with Gasteiger partial charge in [0.1, 0.15) is 6.61 Å². The second-order valence-electron chi connectivity index (χ2n) is 9.40. The summed E-state index contributed by atoms with van der Waals surface area (Å²) in [7, 11) is 0. The number of carbonyl (C=O) groups excluding carboxylic acids is 1. The van der Waals surface area contributed by atoms with Gasteiger partial charge in [0.05, 0.1) is 29.3 Å². The number of benzene rings is 2. The molecule has 2 aromatic carbocycles. The number of amides is 1. The number of para-hydroxylation sites is 1. The fourth-order valence-corrected chi connectivity index (χ4v) is 3.63. The first-order valence-corrected chi connectivity index (χ1v) is 11.6. The lowest BCUT2D eigenvalue weighted by Crippen LogP contribution is -2.32. The predicted octanol–water partition coefficient (Wildman–Crippen LogP) is 4.57. The number of aliphatic hydroxyl groups excluding tert-OH is 1. The van der Waals surface area contributed by atoms with E-state index in [4.69, 9.17) is 16.3 Å². The van der Waals surface area contributed by atoms with Gasteiger partial charge in [-0.1, -0.05) is 68.8 Å². The van der Waals surface area contributed by atoms with Gasteiger partial charge in [-0.05, 0) is 35.6 Å². The third-order valence-electron chi connectivity index (χ3n) is 5.63. The monoisotopic (exact) mass is 499 g/mol. The number of nitrogens with zero attached hydrogens (tertiary/aromatic N) is 2. The van der Waals surface area contributed by atoms with Crippen molar-refractivity contribution in [2.45, 2.75) is 46.3 Å². The number of carboxylic acid groups (broad SMARTS) is 1. The first-order chi connectivity index (χ1) is 16.5. The van der Waals surface area contributed by atoms with E-state index in [1.807, 2.05) is 39.8 Å². The Balaban J connectivity index is 1.94. The van der Waals surface area contributed by atoms with Gasteiger partial charge < -0.3 is 20.3 Å². The van der Waals surface area contributed by atoms with E-state index in [9.17, 15) is 19.8 Å². The summed E-state index contributed by atoms with van der Waals surface area (Å²) in [5.41, 5.74) is 1.68. The summed E-state index contributed by atoms with van der Waals surface area (Å²) in [6, 6.07) is 14.9. The fourth-order valence-electron chi connectivity index (χ4n) is 3.41. The number of hydrogen-bond donors (Lipinski definition) is 3. The predicted molar refractivity (Wildman–Crippen MR) is 133 cm³/mol. The highest BCUT2D eigenvalue weighted by atomic mass is 35.5. The van der Waals surface area contributed by atoms with Crippen molar-refractivity contribution in [3.8, 4) is 11.6 Å². The number of aromatic nitrogens is 2. The molecule has 2 atom stereocenters. The van der Waals surface area contributed by atoms with Gasteiger partial charge in [-0.25, -0.2) is 0 Å². The average Bonchev–Trinajstić information content (AvgIpc) is 3.21. The number of aliphatic carboxylic acids is 1. The molecule has 0 fully saturated rings. The summed E-state index contributed by atoms with van der Waals surface area (Å²) >= 11 is 6.36. The highest BCUT2D eigenvalue weighted by molar-refractivity contribution is 6.32. The number of aliphatic hydroxyl groups is 1. The summed E-state index contributed by atoms with van der Waals surface area (Å²) in [6.45, 7) is 7.50. The molecule has 0 aliphatic heterocycles. The van der Waals surface area contributed by atoms with E-state index in [0.29, 0.717) is 16.3 Å². The summed E-state index contributed by atoms with van der Waals surface area (Å²) in [5, 5.41) is 27.4. The molecule has 0 saturated heterocycles. The standard InChI is InChI=1S/C26H30ClN3O5/c1-16-9-5-6-10-17(16)19(14-24(32)33)28-25(34)20-13-23(35-15-22(31)26(2,3)4)30(29-20)21-12-8-7-11-18(21)27/h5-13,19,22,31H,14-15H2,1-4H3,(H,28,34)(H,32,33). The van der Waals surface area contributed by atoms with Crippen molar-refractivity contribution in [1.29, 1.82) is 0 Å². The van der Waals surface area contributed by atoms with E-state index >= 15 is 0 Å². The summed E-state index contributed by atoms with van der Waals surface area (Å²) < 4.78 is 7.25. The normalized spacial score (nSPS) is 13.2. The molecule has 3 aromatic rings. The van der Waals surface area contributed by atoms with E-state index in [2.05, 4.69) is 10.4 Å². The van der Waals surface area contributed by atoms with Crippen molar-refractivity contribution >= 4 is 23.5 Å². The number of nitrogens with one attached hydrogen (secondary N) is 1. The smallest absolute Gasteiger partial charge is 0.305 e. The van der Waals surface area contributed by atoms with Crippen LogP contribution in [0, 0.1) is 12.3 Å². The molecule has 35 heavy (non-hydrogen) atoms. The number of aryl methyl sites for hydroxylation is 1. The van der Waals surface area contributed by atoms with Crippen molar-refractivity contribution in [3.63, 3.8) is 0 Å². The Labute approximate surface area is 209 Å². The first kappa shape index (κ1) is 26.2. The number of carboxylic acids is 1. The van der Waals surface area contributed by atoms with Crippen molar-refractivity contribution in [2.24, 2.45) is 5.41 Å². The van der Waals surface area contributed by atoms with Gasteiger partial charge in [0.15, 0.2) is 5.69 Å². The number of hydrogen-bond acceptors (Lipinski definition) is 5. The topological polar surface area (TPSA) is 114 Å². The molecule has 3 rings (SSSR count). The second kappa shape index (κ2) is 10.9. The molecule has 8 nitrogen and oxygen atoms in total. The Bertz CT molecular complexity index is 1200. The SMILES string of the molecule is Cc1ccccc1C(CC(=O)O)NC(=O)c1cc(OCC(O)C(C)(C)C)n(-c2ccccc2Cl)n1. The van der Waals surface area contributed by atoms with Gasteiger partial charge in [-0.3, -0.25) is 9.59 Å². The quantitative estimate of drug-likeness (QED) is 0.397. The summed E-state index contributed by atoms with van der Waals surface area (Å²) in [5.74, 6) is -1.39. The lowest BCUT2D eigenvalue weighted by Gasteiger charge is -2.25. The average molecular weight is 500 g/mol.